The average Bonchev–Trinajstić information content (AvgIpc) is 3.56. The summed E-state index contributed by atoms with van der Waals surface area (Å²) >= 11 is 2.81. The van der Waals surface area contributed by atoms with Gasteiger partial charge in [-0.1, -0.05) is 66.8 Å². The molecule has 1 aliphatic rings. The summed E-state index contributed by atoms with van der Waals surface area (Å²) in [6.45, 7) is 4.72. The fraction of sp³-hybridized carbons (Fsp3) is 0.207. The molecule has 0 N–H and O–H groups in total. The maximum Gasteiger partial charge on any atom is 0.338 e. The zero-order valence-electron chi connectivity index (χ0n) is 20.5. The molecule has 0 fully saturated rings. The Balaban J connectivity index is 1.70. The van der Waals surface area contributed by atoms with E-state index < -0.39 is 12.0 Å². The van der Waals surface area contributed by atoms with E-state index in [2.05, 4.69) is 6.92 Å². The summed E-state index contributed by atoms with van der Waals surface area (Å²) in [6, 6.07) is 20.5. The van der Waals surface area contributed by atoms with E-state index in [-0.39, 0.29) is 12.2 Å². The van der Waals surface area contributed by atoms with Gasteiger partial charge in [-0.15, -0.1) is 11.3 Å². The fourth-order valence-electron chi connectivity index (χ4n) is 4.19. The number of aromatic nitrogens is 1. The van der Waals surface area contributed by atoms with Gasteiger partial charge in [0.15, 0.2) is 4.80 Å². The van der Waals surface area contributed by atoms with Gasteiger partial charge in [-0.2, -0.15) is 0 Å². The summed E-state index contributed by atoms with van der Waals surface area (Å²) in [6.07, 6.45) is 2.79. The number of ether oxygens (including phenoxy) is 2. The molecule has 3 heterocycles. The summed E-state index contributed by atoms with van der Waals surface area (Å²) < 4.78 is 13.3. The van der Waals surface area contributed by atoms with Gasteiger partial charge in [-0.3, -0.25) is 9.36 Å². The zero-order valence-corrected chi connectivity index (χ0v) is 22.2. The van der Waals surface area contributed by atoms with Gasteiger partial charge in [0.05, 0.1) is 29.0 Å². The number of fused-ring (bicyclic) bond motifs is 1. The Morgan fingerprint density at radius 3 is 2.51 bits per heavy atom. The smallest absolute Gasteiger partial charge is 0.338 e. The van der Waals surface area contributed by atoms with Crippen LogP contribution >= 0.6 is 22.7 Å². The number of hydrogen-bond acceptors (Lipinski definition) is 7. The second-order valence-electron chi connectivity index (χ2n) is 8.36. The third-order valence-electron chi connectivity index (χ3n) is 5.84. The Kier molecular flexibility index (Phi) is 7.48. The van der Waals surface area contributed by atoms with E-state index in [4.69, 9.17) is 14.5 Å². The first-order valence-electron chi connectivity index (χ1n) is 12.2. The van der Waals surface area contributed by atoms with Crippen molar-refractivity contribution in [1.82, 2.24) is 4.57 Å². The highest BCUT2D eigenvalue weighted by Gasteiger charge is 2.35. The Morgan fingerprint density at radius 1 is 1.05 bits per heavy atom. The van der Waals surface area contributed by atoms with Gasteiger partial charge < -0.3 is 9.47 Å². The minimum atomic E-state index is -0.627. The van der Waals surface area contributed by atoms with E-state index in [9.17, 15) is 9.59 Å². The average molecular weight is 531 g/mol. The molecule has 0 saturated carbocycles. The van der Waals surface area contributed by atoms with Gasteiger partial charge in [-0.05, 0) is 48.6 Å². The van der Waals surface area contributed by atoms with E-state index in [1.165, 1.54) is 22.7 Å². The van der Waals surface area contributed by atoms with Crippen LogP contribution in [0.1, 0.15) is 42.3 Å². The molecule has 1 aliphatic heterocycles. The van der Waals surface area contributed by atoms with Crippen LogP contribution in [-0.4, -0.2) is 23.8 Å². The van der Waals surface area contributed by atoms with E-state index in [1.807, 2.05) is 78.2 Å². The molecule has 2 aromatic heterocycles. The molecular formula is C29H26N2O4S2. The number of hydrogen-bond donors (Lipinski definition) is 0. The molecule has 0 unspecified atom stereocenters. The first-order valence-corrected chi connectivity index (χ1v) is 13.8. The molecular weight excluding hydrogens is 504 g/mol. The zero-order chi connectivity index (χ0) is 25.8. The lowest BCUT2D eigenvalue weighted by atomic mass is 9.97. The summed E-state index contributed by atoms with van der Waals surface area (Å²) in [5, 5.41) is 1.94. The van der Waals surface area contributed by atoms with Crippen LogP contribution in [0.4, 0.5) is 0 Å². The van der Waals surface area contributed by atoms with Crippen LogP contribution in [0.25, 0.3) is 11.8 Å². The maximum atomic E-state index is 13.8. The number of rotatable bonds is 8. The van der Waals surface area contributed by atoms with Crippen molar-refractivity contribution < 1.29 is 14.3 Å². The third kappa shape index (κ3) is 5.08. The molecule has 8 heteroatoms. The van der Waals surface area contributed by atoms with Crippen molar-refractivity contribution in [2.24, 2.45) is 4.99 Å². The number of esters is 1. The predicted molar refractivity (Wildman–Crippen MR) is 148 cm³/mol. The number of nitrogens with zero attached hydrogens (tertiary/aromatic N) is 2. The molecule has 37 heavy (non-hydrogen) atoms. The highest BCUT2D eigenvalue weighted by Crippen LogP contribution is 2.36. The minimum Gasteiger partial charge on any atom is -0.494 e. The van der Waals surface area contributed by atoms with Crippen molar-refractivity contribution in [3.05, 3.63) is 113 Å². The quantitative estimate of drug-likeness (QED) is 0.307. The molecule has 5 rings (SSSR count). The highest BCUT2D eigenvalue weighted by molar-refractivity contribution is 7.10. The van der Waals surface area contributed by atoms with E-state index in [0.29, 0.717) is 27.2 Å². The van der Waals surface area contributed by atoms with Crippen molar-refractivity contribution >= 4 is 40.4 Å². The predicted octanol–water partition coefficient (Wildman–Crippen LogP) is 4.79. The van der Waals surface area contributed by atoms with E-state index in [1.54, 1.807) is 11.5 Å². The number of carbonyl (C=O) groups is 1. The Hall–Kier alpha value is -3.75. The summed E-state index contributed by atoms with van der Waals surface area (Å²) in [7, 11) is 0. The first kappa shape index (κ1) is 24.9. The molecule has 0 saturated heterocycles. The van der Waals surface area contributed by atoms with Crippen molar-refractivity contribution in [3.8, 4) is 5.75 Å². The summed E-state index contributed by atoms with van der Waals surface area (Å²) in [4.78, 5) is 33.4. The van der Waals surface area contributed by atoms with Crippen LogP contribution in [0.3, 0.4) is 0 Å². The standard InChI is InChI=1S/C29H26N2O4S2/c1-3-16-35-21-14-12-19(13-15-21)18-23-27(32)31-26(22-11-8-17-36-22)24(28(33)34-4-2)25(30-29(31)37-23)20-9-6-5-7-10-20/h5-15,17-18,26H,3-4,16H2,1-2H3/b23-18-/t26-/m1/s1. The van der Waals surface area contributed by atoms with Gasteiger partial charge in [0.25, 0.3) is 5.56 Å². The summed E-state index contributed by atoms with van der Waals surface area (Å²) in [5.41, 5.74) is 2.39. The molecule has 6 nitrogen and oxygen atoms in total. The van der Waals surface area contributed by atoms with Crippen molar-refractivity contribution in [2.45, 2.75) is 26.3 Å². The van der Waals surface area contributed by atoms with Crippen LogP contribution in [-0.2, 0) is 9.53 Å². The van der Waals surface area contributed by atoms with Crippen LogP contribution in [0.15, 0.2) is 87.5 Å². The number of carbonyl (C=O) groups excluding carboxylic acids is 1. The molecule has 0 spiro atoms. The third-order valence-corrected chi connectivity index (χ3v) is 7.74. The molecule has 0 amide bonds. The van der Waals surface area contributed by atoms with Crippen LogP contribution in [0.2, 0.25) is 0 Å². The van der Waals surface area contributed by atoms with Crippen molar-refractivity contribution in [3.63, 3.8) is 0 Å². The molecule has 1 atom stereocenters. The van der Waals surface area contributed by atoms with Gasteiger partial charge >= 0.3 is 5.97 Å². The Bertz CT molecular complexity index is 1600. The molecule has 0 aliphatic carbocycles. The second kappa shape index (κ2) is 11.1. The minimum absolute atomic E-state index is 0.192. The Morgan fingerprint density at radius 2 is 1.84 bits per heavy atom. The largest absolute Gasteiger partial charge is 0.494 e. The van der Waals surface area contributed by atoms with Crippen LogP contribution in [0.5, 0.6) is 5.75 Å². The second-order valence-corrected chi connectivity index (χ2v) is 10.4. The van der Waals surface area contributed by atoms with Crippen LogP contribution < -0.4 is 19.6 Å². The lowest BCUT2D eigenvalue weighted by molar-refractivity contribution is -0.138. The van der Waals surface area contributed by atoms with E-state index in [0.717, 1.165) is 28.2 Å². The van der Waals surface area contributed by atoms with Crippen molar-refractivity contribution in [1.29, 1.82) is 0 Å². The normalized spacial score (nSPS) is 15.3. The van der Waals surface area contributed by atoms with Gasteiger partial charge in [-0.25, -0.2) is 9.79 Å². The number of benzene rings is 2. The van der Waals surface area contributed by atoms with Gasteiger partial charge in [0.1, 0.15) is 11.8 Å². The summed E-state index contributed by atoms with van der Waals surface area (Å²) in [5.74, 6) is 0.324. The first-order chi connectivity index (χ1) is 18.1. The number of thiophene rings is 1. The Labute approximate surface area is 222 Å². The van der Waals surface area contributed by atoms with E-state index >= 15 is 0 Å². The molecule has 2 aromatic carbocycles. The van der Waals surface area contributed by atoms with Crippen LogP contribution in [0, 0.1) is 0 Å². The lowest BCUT2D eigenvalue weighted by Crippen LogP contribution is -2.39. The fourth-order valence-corrected chi connectivity index (χ4v) is 6.01. The SMILES string of the molecule is CCCOc1ccc(/C=c2\sc3n(c2=O)[C@H](c2cccs2)C(C(=O)OCC)=C(c2ccccc2)N=3)cc1. The maximum absolute atomic E-state index is 13.8. The topological polar surface area (TPSA) is 69.9 Å². The molecule has 188 valence electrons. The molecule has 0 bridgehead atoms. The lowest BCUT2D eigenvalue weighted by Gasteiger charge is -2.24. The highest BCUT2D eigenvalue weighted by atomic mass is 32.1. The van der Waals surface area contributed by atoms with Crippen molar-refractivity contribution in [2.75, 3.05) is 13.2 Å². The number of thiazole rings is 1. The van der Waals surface area contributed by atoms with Gasteiger partial charge in [0.2, 0.25) is 0 Å². The molecule has 4 aromatic rings. The molecule has 0 radical (unpaired) electrons. The van der Waals surface area contributed by atoms with Gasteiger partial charge in [0, 0.05) is 10.4 Å². The monoisotopic (exact) mass is 530 g/mol.